The molecule has 1 aromatic heterocycles. The van der Waals surface area contributed by atoms with Crippen molar-refractivity contribution in [2.75, 3.05) is 0 Å². The largest absolute Gasteiger partial charge is 0.481 e. The van der Waals surface area contributed by atoms with Crippen molar-refractivity contribution in [3.63, 3.8) is 0 Å². The Bertz CT molecular complexity index is 857. The summed E-state index contributed by atoms with van der Waals surface area (Å²) in [4.78, 5) is 20.7. The van der Waals surface area contributed by atoms with Gasteiger partial charge < -0.3 is 5.11 Å². The van der Waals surface area contributed by atoms with Gasteiger partial charge in [0.15, 0.2) is 0 Å². The van der Waals surface area contributed by atoms with E-state index in [9.17, 15) is 9.90 Å². The molecule has 1 aromatic carbocycles. The first-order chi connectivity index (χ1) is 12.6. The summed E-state index contributed by atoms with van der Waals surface area (Å²) in [6.07, 6.45) is 10.8. The fourth-order valence-electron chi connectivity index (χ4n) is 2.90. The van der Waals surface area contributed by atoms with Crippen LogP contribution in [-0.4, -0.2) is 21.0 Å². The molecule has 1 aliphatic carbocycles. The van der Waals surface area contributed by atoms with Crippen molar-refractivity contribution < 1.29 is 9.90 Å². The van der Waals surface area contributed by atoms with Crippen LogP contribution in [0.2, 0.25) is 5.02 Å². The van der Waals surface area contributed by atoms with Gasteiger partial charge in [0.25, 0.3) is 0 Å². The molecule has 0 saturated carbocycles. The zero-order valence-electron chi connectivity index (χ0n) is 14.7. The predicted octanol–water partition coefficient (Wildman–Crippen LogP) is 5.18. The number of hydrogen-bond acceptors (Lipinski definition) is 3. The molecule has 2 aromatic rings. The second kappa shape index (κ2) is 8.28. The number of hydrogen-bond donors (Lipinski definition) is 1. The molecule has 1 atom stereocenters. The van der Waals surface area contributed by atoms with Crippen molar-refractivity contribution in [1.29, 1.82) is 0 Å². The highest BCUT2D eigenvalue weighted by Gasteiger charge is 2.19. The molecule has 1 heterocycles. The highest BCUT2D eigenvalue weighted by atomic mass is 35.5. The summed E-state index contributed by atoms with van der Waals surface area (Å²) in [6, 6.07) is 7.52. The Morgan fingerprint density at radius 1 is 1.27 bits per heavy atom. The van der Waals surface area contributed by atoms with Gasteiger partial charge in [-0.25, -0.2) is 4.98 Å². The molecule has 26 heavy (non-hydrogen) atoms. The summed E-state index contributed by atoms with van der Waals surface area (Å²) < 4.78 is 0. The van der Waals surface area contributed by atoms with E-state index in [1.807, 2.05) is 42.6 Å². The quantitative estimate of drug-likeness (QED) is 0.762. The van der Waals surface area contributed by atoms with Gasteiger partial charge in [-0.1, -0.05) is 55.3 Å². The number of carboxylic acid groups (broad SMARTS) is 1. The molecular weight excluding hydrogens is 348 g/mol. The Labute approximate surface area is 158 Å². The maximum atomic E-state index is 11.2. The van der Waals surface area contributed by atoms with Crippen LogP contribution >= 0.6 is 11.6 Å². The van der Waals surface area contributed by atoms with Crippen LogP contribution in [0.4, 0.5) is 0 Å². The predicted molar refractivity (Wildman–Crippen MR) is 104 cm³/mol. The number of carbonyl (C=O) groups is 1. The maximum Gasteiger partial charge on any atom is 0.310 e. The van der Waals surface area contributed by atoms with Crippen LogP contribution in [0.1, 0.15) is 37.6 Å². The molecule has 1 N–H and O–H groups in total. The first-order valence-electron chi connectivity index (χ1n) is 8.82. The third-order valence-electron chi connectivity index (χ3n) is 4.42. The molecule has 1 unspecified atom stereocenters. The van der Waals surface area contributed by atoms with E-state index in [1.54, 1.807) is 6.08 Å². The third-order valence-corrected chi connectivity index (χ3v) is 4.67. The molecule has 1 aliphatic rings. The molecule has 0 bridgehead atoms. The summed E-state index contributed by atoms with van der Waals surface area (Å²) in [5.41, 5.74) is 4.38. The SMILES string of the molecule is CCCCc1cnc(-c2ccc(Cl)cc2)c(C2=CCC(C(=O)O)C=C2)n1. The van der Waals surface area contributed by atoms with E-state index < -0.39 is 11.9 Å². The van der Waals surface area contributed by atoms with Gasteiger partial charge in [0.2, 0.25) is 0 Å². The zero-order chi connectivity index (χ0) is 18.5. The van der Waals surface area contributed by atoms with Gasteiger partial charge in [-0.2, -0.15) is 0 Å². The minimum atomic E-state index is -0.808. The van der Waals surface area contributed by atoms with Crippen LogP contribution < -0.4 is 0 Å². The van der Waals surface area contributed by atoms with Crippen molar-refractivity contribution in [3.05, 3.63) is 65.1 Å². The topological polar surface area (TPSA) is 63.1 Å². The van der Waals surface area contributed by atoms with Gasteiger partial charge in [0, 0.05) is 16.8 Å². The number of allylic oxidation sites excluding steroid dienone is 3. The first kappa shape index (κ1) is 18.3. The van der Waals surface area contributed by atoms with E-state index >= 15 is 0 Å². The lowest BCUT2D eigenvalue weighted by Gasteiger charge is -2.15. The second-order valence-electron chi connectivity index (χ2n) is 6.37. The van der Waals surface area contributed by atoms with Gasteiger partial charge in [-0.15, -0.1) is 0 Å². The molecule has 0 saturated heterocycles. The van der Waals surface area contributed by atoms with Gasteiger partial charge >= 0.3 is 5.97 Å². The maximum absolute atomic E-state index is 11.2. The Hall–Kier alpha value is -2.46. The molecule has 0 aliphatic heterocycles. The van der Waals surface area contributed by atoms with Gasteiger partial charge in [0.05, 0.1) is 23.0 Å². The van der Waals surface area contributed by atoms with Gasteiger partial charge in [-0.05, 0) is 37.0 Å². The summed E-state index contributed by atoms with van der Waals surface area (Å²) in [5, 5.41) is 9.84. The van der Waals surface area contributed by atoms with Crippen LogP contribution in [0.5, 0.6) is 0 Å². The number of carboxylic acids is 1. The molecule has 0 radical (unpaired) electrons. The van der Waals surface area contributed by atoms with Crippen molar-refractivity contribution >= 4 is 23.1 Å². The Morgan fingerprint density at radius 3 is 2.65 bits per heavy atom. The molecule has 0 amide bonds. The number of aliphatic carboxylic acids is 1. The lowest BCUT2D eigenvalue weighted by atomic mass is 9.93. The van der Waals surface area contributed by atoms with Crippen LogP contribution in [-0.2, 0) is 11.2 Å². The molecule has 134 valence electrons. The zero-order valence-corrected chi connectivity index (χ0v) is 15.4. The Morgan fingerprint density at radius 2 is 2.04 bits per heavy atom. The van der Waals surface area contributed by atoms with Crippen molar-refractivity contribution in [2.24, 2.45) is 5.92 Å². The number of benzene rings is 1. The molecule has 3 rings (SSSR count). The fourth-order valence-corrected chi connectivity index (χ4v) is 3.03. The second-order valence-corrected chi connectivity index (χ2v) is 6.80. The minimum Gasteiger partial charge on any atom is -0.481 e. The summed E-state index contributed by atoms with van der Waals surface area (Å²) in [7, 11) is 0. The monoisotopic (exact) mass is 368 g/mol. The summed E-state index contributed by atoms with van der Waals surface area (Å²) in [6.45, 7) is 2.15. The number of aromatic nitrogens is 2. The molecule has 0 fully saturated rings. The van der Waals surface area contributed by atoms with E-state index in [-0.39, 0.29) is 0 Å². The van der Waals surface area contributed by atoms with Crippen LogP contribution in [0.25, 0.3) is 16.8 Å². The van der Waals surface area contributed by atoms with Crippen molar-refractivity contribution in [2.45, 2.75) is 32.6 Å². The van der Waals surface area contributed by atoms with Crippen molar-refractivity contribution in [1.82, 2.24) is 9.97 Å². The van der Waals surface area contributed by atoms with E-state index in [0.29, 0.717) is 11.4 Å². The van der Waals surface area contributed by atoms with E-state index in [2.05, 4.69) is 11.9 Å². The normalized spacial score (nSPS) is 16.4. The van der Waals surface area contributed by atoms with E-state index in [4.69, 9.17) is 16.6 Å². The number of halogens is 1. The first-order valence-corrected chi connectivity index (χ1v) is 9.19. The fraction of sp³-hybridized carbons (Fsp3) is 0.286. The average Bonchev–Trinajstić information content (AvgIpc) is 2.67. The molecule has 0 spiro atoms. The summed E-state index contributed by atoms with van der Waals surface area (Å²) in [5.74, 6) is -1.29. The van der Waals surface area contributed by atoms with Crippen LogP contribution in [0, 0.1) is 5.92 Å². The van der Waals surface area contributed by atoms with Gasteiger partial charge in [0.1, 0.15) is 0 Å². The van der Waals surface area contributed by atoms with Gasteiger partial charge in [-0.3, -0.25) is 9.78 Å². The standard InChI is InChI=1S/C21H21ClN2O2/c1-2-3-4-18-13-23-19(14-9-11-17(22)12-10-14)20(24-18)15-5-7-16(8-6-15)21(25)26/h5-7,9-13,16H,2-4,8H2,1H3,(H,25,26). The number of unbranched alkanes of at least 4 members (excludes halogenated alkanes) is 1. The average molecular weight is 369 g/mol. The van der Waals surface area contributed by atoms with Crippen LogP contribution in [0.15, 0.2) is 48.7 Å². The molecular formula is C21H21ClN2O2. The minimum absolute atomic E-state index is 0.460. The highest BCUT2D eigenvalue weighted by Crippen LogP contribution is 2.31. The van der Waals surface area contributed by atoms with Crippen LogP contribution in [0.3, 0.4) is 0 Å². The third kappa shape index (κ3) is 4.20. The lowest BCUT2D eigenvalue weighted by molar-refractivity contribution is -0.139. The number of rotatable bonds is 6. The lowest BCUT2D eigenvalue weighted by Crippen LogP contribution is -2.12. The number of nitrogens with zero attached hydrogens (tertiary/aromatic N) is 2. The highest BCUT2D eigenvalue weighted by molar-refractivity contribution is 6.30. The molecule has 5 heteroatoms. The van der Waals surface area contributed by atoms with Crippen molar-refractivity contribution in [3.8, 4) is 11.3 Å². The Kier molecular flexibility index (Phi) is 5.84. The van der Waals surface area contributed by atoms with E-state index in [0.717, 1.165) is 47.5 Å². The Balaban J connectivity index is 2.01. The summed E-state index contributed by atoms with van der Waals surface area (Å²) >= 11 is 6.00. The number of aryl methyl sites for hydroxylation is 1. The van der Waals surface area contributed by atoms with E-state index in [1.165, 1.54) is 0 Å². The molecule has 4 nitrogen and oxygen atoms in total. The smallest absolute Gasteiger partial charge is 0.310 e.